The number of pyridine rings is 1. The van der Waals surface area contributed by atoms with E-state index in [1.165, 1.54) is 10.9 Å². The van der Waals surface area contributed by atoms with Gasteiger partial charge in [0.25, 0.3) is 0 Å². The number of halogens is 1. The number of rotatable bonds is 2. The zero-order valence-electron chi connectivity index (χ0n) is 9.76. The van der Waals surface area contributed by atoms with E-state index < -0.39 is 0 Å². The fraction of sp³-hybridized carbons (Fsp3) is 0.308. The zero-order valence-corrected chi connectivity index (χ0v) is 11.4. The molecule has 0 radical (unpaired) electrons. The fourth-order valence-corrected chi connectivity index (χ4v) is 2.17. The highest BCUT2D eigenvalue weighted by Crippen LogP contribution is 2.29. The maximum Gasteiger partial charge on any atom is 0.0766 e. The second-order valence-corrected chi connectivity index (χ2v) is 4.69. The standard InChI is InChI=1S/C13H15BrN2/c1-4-9-7-12(15-3)10-5-6-11(14)8(2)13(10)16-9/h5-7H,4H2,1-3H3,(H,15,16). The summed E-state index contributed by atoms with van der Waals surface area (Å²) >= 11 is 3.55. The summed E-state index contributed by atoms with van der Waals surface area (Å²) in [5.74, 6) is 0. The molecule has 0 saturated carbocycles. The van der Waals surface area contributed by atoms with Crippen LogP contribution in [0.2, 0.25) is 0 Å². The maximum absolute atomic E-state index is 4.69. The third-order valence-electron chi connectivity index (χ3n) is 2.85. The molecular formula is C13H15BrN2. The molecule has 0 unspecified atom stereocenters. The van der Waals surface area contributed by atoms with Gasteiger partial charge in [-0.2, -0.15) is 0 Å². The molecule has 16 heavy (non-hydrogen) atoms. The van der Waals surface area contributed by atoms with Crippen LogP contribution in [0.15, 0.2) is 22.7 Å². The molecule has 84 valence electrons. The Labute approximate surface area is 104 Å². The number of benzene rings is 1. The molecule has 2 nitrogen and oxygen atoms in total. The van der Waals surface area contributed by atoms with Crippen molar-refractivity contribution in [2.45, 2.75) is 20.3 Å². The summed E-state index contributed by atoms with van der Waals surface area (Å²) in [4.78, 5) is 4.69. The summed E-state index contributed by atoms with van der Waals surface area (Å²) < 4.78 is 1.11. The van der Waals surface area contributed by atoms with Gasteiger partial charge in [-0.05, 0) is 37.1 Å². The van der Waals surface area contributed by atoms with Crippen LogP contribution in [0, 0.1) is 6.92 Å². The lowest BCUT2D eigenvalue weighted by Crippen LogP contribution is -1.97. The van der Waals surface area contributed by atoms with Crippen LogP contribution in [0.4, 0.5) is 5.69 Å². The molecule has 0 atom stereocenters. The van der Waals surface area contributed by atoms with Gasteiger partial charge in [-0.25, -0.2) is 0 Å². The SMILES string of the molecule is CCc1cc(NC)c2ccc(Br)c(C)c2n1. The van der Waals surface area contributed by atoms with Gasteiger partial charge in [-0.15, -0.1) is 0 Å². The van der Waals surface area contributed by atoms with Crippen LogP contribution in [-0.4, -0.2) is 12.0 Å². The number of aryl methyl sites for hydroxylation is 2. The van der Waals surface area contributed by atoms with Crippen LogP contribution < -0.4 is 5.32 Å². The molecule has 0 aliphatic carbocycles. The van der Waals surface area contributed by atoms with Crippen molar-refractivity contribution in [3.8, 4) is 0 Å². The van der Waals surface area contributed by atoms with E-state index in [9.17, 15) is 0 Å². The molecule has 0 spiro atoms. The Morgan fingerprint density at radius 1 is 1.38 bits per heavy atom. The summed E-state index contributed by atoms with van der Waals surface area (Å²) in [6, 6.07) is 6.30. The first-order chi connectivity index (χ1) is 7.67. The van der Waals surface area contributed by atoms with E-state index in [1.807, 2.05) is 7.05 Å². The lowest BCUT2D eigenvalue weighted by Gasteiger charge is -2.11. The van der Waals surface area contributed by atoms with Crippen molar-refractivity contribution in [1.82, 2.24) is 4.98 Å². The summed E-state index contributed by atoms with van der Waals surface area (Å²) in [6.45, 7) is 4.22. The predicted molar refractivity (Wildman–Crippen MR) is 73.1 cm³/mol. The number of anilines is 1. The Hall–Kier alpha value is -1.09. The minimum Gasteiger partial charge on any atom is -0.388 e. The molecule has 1 aromatic heterocycles. The van der Waals surface area contributed by atoms with Crippen LogP contribution in [0.5, 0.6) is 0 Å². The quantitative estimate of drug-likeness (QED) is 0.901. The molecule has 0 bridgehead atoms. The molecule has 0 aliphatic rings. The van der Waals surface area contributed by atoms with Gasteiger partial charge in [0.15, 0.2) is 0 Å². The van der Waals surface area contributed by atoms with Crippen molar-refractivity contribution in [3.05, 3.63) is 33.9 Å². The molecule has 1 N–H and O–H groups in total. The van der Waals surface area contributed by atoms with E-state index in [2.05, 4.69) is 53.3 Å². The number of aromatic nitrogens is 1. The van der Waals surface area contributed by atoms with Crippen molar-refractivity contribution in [1.29, 1.82) is 0 Å². The molecule has 0 amide bonds. The number of hydrogen-bond acceptors (Lipinski definition) is 2. The number of fused-ring (bicyclic) bond motifs is 1. The Bertz CT molecular complexity index is 535. The topological polar surface area (TPSA) is 24.9 Å². The Balaban J connectivity index is 2.84. The van der Waals surface area contributed by atoms with Gasteiger partial charge in [0.2, 0.25) is 0 Å². The third-order valence-corrected chi connectivity index (χ3v) is 3.71. The third kappa shape index (κ3) is 1.80. The predicted octanol–water partition coefficient (Wildman–Crippen LogP) is 3.91. The molecular weight excluding hydrogens is 264 g/mol. The Morgan fingerprint density at radius 2 is 2.12 bits per heavy atom. The highest BCUT2D eigenvalue weighted by Gasteiger charge is 2.08. The minimum atomic E-state index is 0.955. The zero-order chi connectivity index (χ0) is 11.7. The van der Waals surface area contributed by atoms with E-state index in [0.717, 1.165) is 27.8 Å². The van der Waals surface area contributed by atoms with Gasteiger partial charge in [-0.3, -0.25) is 4.98 Å². The molecule has 2 rings (SSSR count). The number of nitrogens with zero attached hydrogens (tertiary/aromatic N) is 1. The fourth-order valence-electron chi connectivity index (χ4n) is 1.85. The van der Waals surface area contributed by atoms with Crippen molar-refractivity contribution in [3.63, 3.8) is 0 Å². The van der Waals surface area contributed by atoms with Crippen LogP contribution in [-0.2, 0) is 6.42 Å². The highest BCUT2D eigenvalue weighted by atomic mass is 79.9. The molecule has 0 saturated heterocycles. The maximum atomic E-state index is 4.69. The molecule has 1 aromatic carbocycles. The molecule has 0 fully saturated rings. The Kier molecular flexibility index (Phi) is 3.15. The van der Waals surface area contributed by atoms with Crippen molar-refractivity contribution in [2.24, 2.45) is 0 Å². The molecule has 3 heteroatoms. The smallest absolute Gasteiger partial charge is 0.0766 e. The van der Waals surface area contributed by atoms with Crippen LogP contribution in [0.1, 0.15) is 18.2 Å². The van der Waals surface area contributed by atoms with Gasteiger partial charge in [-0.1, -0.05) is 22.9 Å². The molecule has 1 heterocycles. The van der Waals surface area contributed by atoms with E-state index in [1.54, 1.807) is 0 Å². The average Bonchev–Trinajstić information content (AvgIpc) is 2.32. The average molecular weight is 279 g/mol. The second-order valence-electron chi connectivity index (χ2n) is 3.83. The number of hydrogen-bond donors (Lipinski definition) is 1. The first kappa shape index (κ1) is 11.4. The molecule has 0 aliphatic heterocycles. The second kappa shape index (κ2) is 4.42. The molecule has 2 aromatic rings. The van der Waals surface area contributed by atoms with Gasteiger partial charge in [0.1, 0.15) is 0 Å². The van der Waals surface area contributed by atoms with Gasteiger partial charge in [0, 0.05) is 28.3 Å². The minimum absolute atomic E-state index is 0.955. The van der Waals surface area contributed by atoms with Gasteiger partial charge >= 0.3 is 0 Å². The summed E-state index contributed by atoms with van der Waals surface area (Å²) in [7, 11) is 1.95. The van der Waals surface area contributed by atoms with E-state index in [0.29, 0.717) is 0 Å². The normalized spacial score (nSPS) is 10.8. The van der Waals surface area contributed by atoms with Gasteiger partial charge in [0.05, 0.1) is 5.52 Å². The highest BCUT2D eigenvalue weighted by molar-refractivity contribution is 9.10. The monoisotopic (exact) mass is 278 g/mol. The summed E-state index contributed by atoms with van der Waals surface area (Å²) in [6.07, 6.45) is 0.955. The van der Waals surface area contributed by atoms with Crippen molar-refractivity contribution < 1.29 is 0 Å². The summed E-state index contributed by atoms with van der Waals surface area (Å²) in [5.41, 5.74) is 4.55. The first-order valence-corrected chi connectivity index (χ1v) is 6.23. The summed E-state index contributed by atoms with van der Waals surface area (Å²) in [5, 5.41) is 4.42. The van der Waals surface area contributed by atoms with E-state index in [4.69, 9.17) is 4.98 Å². The van der Waals surface area contributed by atoms with Gasteiger partial charge < -0.3 is 5.32 Å². The first-order valence-electron chi connectivity index (χ1n) is 5.43. The number of nitrogens with one attached hydrogen (secondary N) is 1. The van der Waals surface area contributed by atoms with Crippen molar-refractivity contribution in [2.75, 3.05) is 12.4 Å². The Morgan fingerprint density at radius 3 is 2.75 bits per heavy atom. The lowest BCUT2D eigenvalue weighted by atomic mass is 10.1. The van der Waals surface area contributed by atoms with E-state index >= 15 is 0 Å². The van der Waals surface area contributed by atoms with Crippen LogP contribution >= 0.6 is 15.9 Å². The largest absolute Gasteiger partial charge is 0.388 e. The van der Waals surface area contributed by atoms with Crippen molar-refractivity contribution >= 4 is 32.5 Å². The lowest BCUT2D eigenvalue weighted by molar-refractivity contribution is 1.05. The van der Waals surface area contributed by atoms with Crippen LogP contribution in [0.3, 0.4) is 0 Å². The van der Waals surface area contributed by atoms with Crippen LogP contribution in [0.25, 0.3) is 10.9 Å². The van der Waals surface area contributed by atoms with E-state index in [-0.39, 0.29) is 0 Å².